The largest absolute Gasteiger partial charge is 0.465 e. The molecule has 1 aromatic rings. The first-order valence-electron chi connectivity index (χ1n) is 8.53. The standard InChI is InChI=1S/C20H25NO4/c1-4-15(8-7-9-18(14-21)20(23)25-6-3)16-10-12-17(13-11-16)19(22)24-5-2/h4,10-13,15,18H,1,5-9H2,2-3H3. The minimum atomic E-state index is -0.725. The third kappa shape index (κ3) is 6.42. The molecule has 0 spiro atoms. The van der Waals surface area contributed by atoms with Crippen LogP contribution in [0.5, 0.6) is 0 Å². The van der Waals surface area contributed by atoms with Crippen LogP contribution in [0.15, 0.2) is 36.9 Å². The highest BCUT2D eigenvalue weighted by Crippen LogP contribution is 2.25. The normalized spacial score (nSPS) is 12.5. The maximum atomic E-state index is 11.7. The molecule has 0 aliphatic rings. The molecule has 134 valence electrons. The van der Waals surface area contributed by atoms with Gasteiger partial charge in [-0.1, -0.05) is 24.6 Å². The summed E-state index contributed by atoms with van der Waals surface area (Å²) in [6.07, 6.45) is 3.76. The number of benzene rings is 1. The van der Waals surface area contributed by atoms with Crippen LogP contribution >= 0.6 is 0 Å². The van der Waals surface area contributed by atoms with Crippen LogP contribution in [-0.2, 0) is 14.3 Å². The summed E-state index contributed by atoms with van der Waals surface area (Å²) in [6, 6.07) is 9.23. The number of ether oxygens (including phenoxy) is 2. The van der Waals surface area contributed by atoms with Gasteiger partial charge in [-0.3, -0.25) is 4.79 Å². The molecule has 5 nitrogen and oxygen atoms in total. The van der Waals surface area contributed by atoms with E-state index in [1.807, 2.05) is 24.3 Å². The van der Waals surface area contributed by atoms with E-state index in [2.05, 4.69) is 6.58 Å². The molecule has 0 aliphatic carbocycles. The highest BCUT2D eigenvalue weighted by atomic mass is 16.5. The van der Waals surface area contributed by atoms with E-state index < -0.39 is 11.9 Å². The number of hydrogen-bond donors (Lipinski definition) is 0. The molecule has 25 heavy (non-hydrogen) atoms. The zero-order valence-electron chi connectivity index (χ0n) is 14.9. The van der Waals surface area contributed by atoms with Crippen LogP contribution in [0.1, 0.15) is 54.9 Å². The summed E-state index contributed by atoms with van der Waals surface area (Å²) in [6.45, 7) is 7.97. The van der Waals surface area contributed by atoms with E-state index in [1.54, 1.807) is 26.0 Å². The number of nitrogens with zero attached hydrogens (tertiary/aromatic N) is 1. The predicted octanol–water partition coefficient (Wildman–Crippen LogP) is 4.01. The van der Waals surface area contributed by atoms with Crippen molar-refractivity contribution in [3.63, 3.8) is 0 Å². The second kappa shape index (κ2) is 11.0. The van der Waals surface area contributed by atoms with Crippen molar-refractivity contribution in [1.82, 2.24) is 0 Å². The Hall–Kier alpha value is -2.61. The molecule has 0 bridgehead atoms. The Morgan fingerprint density at radius 2 is 1.80 bits per heavy atom. The summed E-state index contributed by atoms with van der Waals surface area (Å²) >= 11 is 0. The van der Waals surface area contributed by atoms with Gasteiger partial charge < -0.3 is 9.47 Å². The van der Waals surface area contributed by atoms with Gasteiger partial charge in [-0.2, -0.15) is 5.26 Å². The molecule has 0 amide bonds. The lowest BCUT2D eigenvalue weighted by atomic mass is 9.91. The van der Waals surface area contributed by atoms with Crippen LogP contribution in [0.25, 0.3) is 0 Å². The monoisotopic (exact) mass is 343 g/mol. The van der Waals surface area contributed by atoms with Crippen LogP contribution in [-0.4, -0.2) is 25.2 Å². The van der Waals surface area contributed by atoms with Gasteiger partial charge in [0.05, 0.1) is 24.8 Å². The molecule has 2 atom stereocenters. The summed E-state index contributed by atoms with van der Waals surface area (Å²) in [5.74, 6) is -1.43. The van der Waals surface area contributed by atoms with Crippen molar-refractivity contribution in [2.75, 3.05) is 13.2 Å². The minimum Gasteiger partial charge on any atom is -0.465 e. The number of carbonyl (C=O) groups is 2. The predicted molar refractivity (Wildman–Crippen MR) is 94.9 cm³/mol. The summed E-state index contributed by atoms with van der Waals surface area (Å²) in [4.78, 5) is 23.3. The number of esters is 2. The zero-order valence-corrected chi connectivity index (χ0v) is 14.9. The quantitative estimate of drug-likeness (QED) is 0.474. The van der Waals surface area contributed by atoms with Gasteiger partial charge in [0.2, 0.25) is 0 Å². The summed E-state index contributed by atoms with van der Waals surface area (Å²) in [5.41, 5.74) is 1.55. The molecule has 1 aromatic carbocycles. The van der Waals surface area contributed by atoms with E-state index in [1.165, 1.54) is 0 Å². The third-order valence-electron chi connectivity index (χ3n) is 3.87. The van der Waals surface area contributed by atoms with Crippen LogP contribution in [0.4, 0.5) is 0 Å². The van der Waals surface area contributed by atoms with E-state index in [4.69, 9.17) is 14.7 Å². The number of hydrogen-bond acceptors (Lipinski definition) is 5. The summed E-state index contributed by atoms with van der Waals surface area (Å²) < 4.78 is 9.86. The summed E-state index contributed by atoms with van der Waals surface area (Å²) in [5, 5.41) is 9.07. The molecule has 0 saturated carbocycles. The lowest BCUT2D eigenvalue weighted by Gasteiger charge is -2.14. The van der Waals surface area contributed by atoms with Gasteiger partial charge in [-0.25, -0.2) is 4.79 Å². The topological polar surface area (TPSA) is 76.4 Å². The van der Waals surface area contributed by atoms with Crippen LogP contribution in [0.2, 0.25) is 0 Å². The van der Waals surface area contributed by atoms with E-state index in [9.17, 15) is 9.59 Å². The van der Waals surface area contributed by atoms with E-state index in [0.29, 0.717) is 25.0 Å². The van der Waals surface area contributed by atoms with Crippen molar-refractivity contribution in [2.45, 2.75) is 39.0 Å². The van der Waals surface area contributed by atoms with Crippen molar-refractivity contribution in [3.05, 3.63) is 48.0 Å². The number of carbonyl (C=O) groups excluding carboxylic acids is 2. The minimum absolute atomic E-state index is 0.0952. The highest BCUT2D eigenvalue weighted by Gasteiger charge is 2.19. The Bertz CT molecular complexity index is 616. The molecule has 5 heteroatoms. The van der Waals surface area contributed by atoms with Crippen molar-refractivity contribution >= 4 is 11.9 Å². The molecule has 0 aromatic heterocycles. The lowest BCUT2D eigenvalue weighted by Crippen LogP contribution is -2.16. The number of rotatable bonds is 10. The SMILES string of the molecule is C=CC(CCCC(C#N)C(=O)OCC)c1ccc(C(=O)OCC)cc1. The van der Waals surface area contributed by atoms with Crippen molar-refractivity contribution in [2.24, 2.45) is 5.92 Å². The lowest BCUT2D eigenvalue weighted by molar-refractivity contribution is -0.146. The average Bonchev–Trinajstić information content (AvgIpc) is 2.62. The molecule has 0 N–H and O–H groups in total. The van der Waals surface area contributed by atoms with E-state index >= 15 is 0 Å². The molecule has 0 aliphatic heterocycles. The fourth-order valence-electron chi connectivity index (χ4n) is 2.52. The van der Waals surface area contributed by atoms with Crippen LogP contribution < -0.4 is 0 Å². The fourth-order valence-corrected chi connectivity index (χ4v) is 2.52. The highest BCUT2D eigenvalue weighted by molar-refractivity contribution is 5.89. The first-order valence-corrected chi connectivity index (χ1v) is 8.53. The maximum absolute atomic E-state index is 11.7. The van der Waals surface area contributed by atoms with Gasteiger partial charge in [0.25, 0.3) is 0 Å². The van der Waals surface area contributed by atoms with Gasteiger partial charge in [-0.15, -0.1) is 6.58 Å². The number of nitriles is 1. The molecule has 1 rings (SSSR count). The molecule has 0 radical (unpaired) electrons. The first-order chi connectivity index (χ1) is 12.1. The maximum Gasteiger partial charge on any atom is 0.338 e. The second-order valence-corrected chi connectivity index (χ2v) is 5.55. The van der Waals surface area contributed by atoms with Crippen molar-refractivity contribution in [1.29, 1.82) is 5.26 Å². The van der Waals surface area contributed by atoms with Gasteiger partial charge in [0.1, 0.15) is 5.92 Å². The molecule has 0 saturated heterocycles. The molecule has 0 fully saturated rings. The Morgan fingerprint density at radius 1 is 1.16 bits per heavy atom. The Morgan fingerprint density at radius 3 is 2.32 bits per heavy atom. The first kappa shape index (κ1) is 20.4. The number of allylic oxidation sites excluding steroid dienone is 1. The Balaban J connectivity index is 2.62. The molecule has 2 unspecified atom stereocenters. The Kier molecular flexibility index (Phi) is 9.02. The smallest absolute Gasteiger partial charge is 0.338 e. The summed E-state index contributed by atoms with van der Waals surface area (Å²) in [7, 11) is 0. The third-order valence-corrected chi connectivity index (χ3v) is 3.87. The molecular formula is C20H25NO4. The van der Waals surface area contributed by atoms with Crippen LogP contribution in [0, 0.1) is 17.2 Å². The van der Waals surface area contributed by atoms with Crippen molar-refractivity contribution < 1.29 is 19.1 Å². The van der Waals surface area contributed by atoms with E-state index in [0.717, 1.165) is 12.0 Å². The second-order valence-electron chi connectivity index (χ2n) is 5.55. The molecular weight excluding hydrogens is 318 g/mol. The van der Waals surface area contributed by atoms with Crippen molar-refractivity contribution in [3.8, 4) is 6.07 Å². The van der Waals surface area contributed by atoms with Gasteiger partial charge in [0, 0.05) is 5.92 Å². The fraction of sp³-hybridized carbons (Fsp3) is 0.450. The van der Waals surface area contributed by atoms with Gasteiger partial charge in [0.15, 0.2) is 0 Å². The van der Waals surface area contributed by atoms with Crippen LogP contribution in [0.3, 0.4) is 0 Å². The Labute approximate surface area is 149 Å². The van der Waals surface area contributed by atoms with Gasteiger partial charge >= 0.3 is 11.9 Å². The van der Waals surface area contributed by atoms with E-state index in [-0.39, 0.29) is 18.5 Å². The average molecular weight is 343 g/mol. The molecule has 0 heterocycles. The zero-order chi connectivity index (χ0) is 18.7. The van der Waals surface area contributed by atoms with Gasteiger partial charge in [-0.05, 0) is 44.4 Å².